The van der Waals surface area contributed by atoms with Crippen molar-refractivity contribution in [2.24, 2.45) is 0 Å². The van der Waals surface area contributed by atoms with Crippen molar-refractivity contribution < 1.29 is 4.74 Å². The lowest BCUT2D eigenvalue weighted by Crippen LogP contribution is -2.15. The van der Waals surface area contributed by atoms with Crippen molar-refractivity contribution in [3.05, 3.63) is 57.7 Å². The van der Waals surface area contributed by atoms with Crippen LogP contribution >= 0.6 is 23.2 Å². The van der Waals surface area contributed by atoms with Gasteiger partial charge in [-0.1, -0.05) is 42.3 Å². The van der Waals surface area contributed by atoms with E-state index in [0.717, 1.165) is 24.2 Å². The minimum atomic E-state index is 0.428. The molecule has 0 amide bonds. The smallest absolute Gasteiger partial charge is 0.213 e. The molecule has 0 aliphatic rings. The van der Waals surface area contributed by atoms with Crippen LogP contribution in [0.5, 0.6) is 5.88 Å². The fourth-order valence-electron chi connectivity index (χ4n) is 1.84. The van der Waals surface area contributed by atoms with E-state index in [1.807, 2.05) is 30.3 Å². The van der Waals surface area contributed by atoms with Crippen LogP contribution in [0.25, 0.3) is 0 Å². The van der Waals surface area contributed by atoms with Gasteiger partial charge in [-0.25, -0.2) is 4.98 Å². The molecule has 2 rings (SSSR count). The maximum atomic E-state index is 6.14. The summed E-state index contributed by atoms with van der Waals surface area (Å²) in [4.78, 5) is 4.43. The molecule has 0 aliphatic carbocycles. The van der Waals surface area contributed by atoms with Crippen molar-refractivity contribution in [1.29, 1.82) is 0 Å². The van der Waals surface area contributed by atoms with Crippen molar-refractivity contribution >= 4 is 23.2 Å². The van der Waals surface area contributed by atoms with Gasteiger partial charge in [-0.05, 0) is 36.7 Å². The second-order valence-corrected chi connectivity index (χ2v) is 5.52. The summed E-state index contributed by atoms with van der Waals surface area (Å²) in [6, 6.07) is 11.2. The Kier molecular flexibility index (Phi) is 6.30. The summed E-state index contributed by atoms with van der Waals surface area (Å²) in [5, 5.41) is 4.63. The predicted molar refractivity (Wildman–Crippen MR) is 87.0 cm³/mol. The molecule has 0 bridgehead atoms. The molecule has 2 aromatic rings. The first-order valence-corrected chi connectivity index (χ1v) is 7.68. The highest BCUT2D eigenvalue weighted by Gasteiger charge is 2.05. The molecule has 1 aromatic carbocycles. The van der Waals surface area contributed by atoms with Crippen LogP contribution in [0, 0.1) is 0 Å². The maximum absolute atomic E-state index is 6.14. The summed E-state index contributed by atoms with van der Waals surface area (Å²) in [5.41, 5.74) is 1.80. The molecule has 112 valence electrons. The molecular weight excluding hydrogens is 307 g/mol. The first kappa shape index (κ1) is 16.1. The lowest BCUT2D eigenvalue weighted by molar-refractivity contribution is 0.293. The molecule has 0 saturated heterocycles. The molecule has 21 heavy (non-hydrogen) atoms. The molecule has 0 saturated carbocycles. The van der Waals surface area contributed by atoms with E-state index < -0.39 is 0 Å². The van der Waals surface area contributed by atoms with E-state index in [4.69, 9.17) is 27.9 Å². The van der Waals surface area contributed by atoms with Crippen molar-refractivity contribution in [3.63, 3.8) is 0 Å². The summed E-state index contributed by atoms with van der Waals surface area (Å²) >= 11 is 12.1. The fourth-order valence-corrected chi connectivity index (χ4v) is 2.22. The number of ether oxygens (including phenoxy) is 1. The van der Waals surface area contributed by atoms with Gasteiger partial charge in [-0.2, -0.15) is 0 Å². The summed E-state index contributed by atoms with van der Waals surface area (Å²) in [6.45, 7) is 4.12. The van der Waals surface area contributed by atoms with Gasteiger partial charge < -0.3 is 10.1 Å². The molecule has 0 aliphatic heterocycles. The van der Waals surface area contributed by atoms with Crippen molar-refractivity contribution in [1.82, 2.24) is 10.3 Å². The van der Waals surface area contributed by atoms with E-state index in [2.05, 4.69) is 17.2 Å². The Bertz CT molecular complexity index is 590. The molecule has 1 aromatic heterocycles. The molecular formula is C16H18Cl2N2O. The van der Waals surface area contributed by atoms with Crippen LogP contribution in [-0.2, 0) is 13.2 Å². The van der Waals surface area contributed by atoms with E-state index in [1.165, 1.54) is 0 Å². The molecule has 0 unspecified atom stereocenters. The minimum absolute atomic E-state index is 0.428. The zero-order chi connectivity index (χ0) is 15.1. The van der Waals surface area contributed by atoms with Crippen LogP contribution in [0.3, 0.4) is 0 Å². The Labute approximate surface area is 135 Å². The van der Waals surface area contributed by atoms with E-state index in [0.29, 0.717) is 29.1 Å². The molecule has 1 N–H and O–H groups in total. The Hall–Kier alpha value is -1.29. The average molecular weight is 325 g/mol. The average Bonchev–Trinajstić information content (AvgIpc) is 2.48. The van der Waals surface area contributed by atoms with Gasteiger partial charge in [0.2, 0.25) is 5.88 Å². The van der Waals surface area contributed by atoms with Crippen LogP contribution in [0.15, 0.2) is 36.4 Å². The van der Waals surface area contributed by atoms with E-state index >= 15 is 0 Å². The quantitative estimate of drug-likeness (QED) is 0.763. The molecule has 0 radical (unpaired) electrons. The molecule has 3 nitrogen and oxygen atoms in total. The monoisotopic (exact) mass is 324 g/mol. The number of hydrogen-bond acceptors (Lipinski definition) is 3. The summed E-state index contributed by atoms with van der Waals surface area (Å²) in [6.07, 6.45) is 1.07. The predicted octanol–water partition coefficient (Wildman–Crippen LogP) is 4.47. The summed E-state index contributed by atoms with van der Waals surface area (Å²) in [5.74, 6) is 0.563. The van der Waals surface area contributed by atoms with E-state index in [9.17, 15) is 0 Å². The Balaban J connectivity index is 1.98. The van der Waals surface area contributed by atoms with E-state index in [1.54, 1.807) is 6.07 Å². The van der Waals surface area contributed by atoms with Crippen LogP contribution in [0.4, 0.5) is 0 Å². The van der Waals surface area contributed by atoms with Gasteiger partial charge in [0.05, 0.1) is 10.7 Å². The van der Waals surface area contributed by atoms with Crippen molar-refractivity contribution in [3.8, 4) is 5.88 Å². The minimum Gasteiger partial charge on any atom is -0.473 e. The Morgan fingerprint density at radius 3 is 2.81 bits per heavy atom. The maximum Gasteiger partial charge on any atom is 0.213 e. The highest BCUT2D eigenvalue weighted by atomic mass is 35.5. The van der Waals surface area contributed by atoms with Crippen molar-refractivity contribution in [2.75, 3.05) is 6.54 Å². The SMILES string of the molecule is CCCNCc1nc(OCc2cccc(Cl)c2)ccc1Cl. The fraction of sp³-hybridized carbons (Fsp3) is 0.312. The van der Waals surface area contributed by atoms with Gasteiger partial charge in [0, 0.05) is 17.6 Å². The largest absolute Gasteiger partial charge is 0.473 e. The van der Waals surface area contributed by atoms with Crippen LogP contribution in [0.2, 0.25) is 10.0 Å². The summed E-state index contributed by atoms with van der Waals surface area (Å²) in [7, 11) is 0. The first-order valence-electron chi connectivity index (χ1n) is 6.92. The third kappa shape index (κ3) is 5.20. The van der Waals surface area contributed by atoms with Crippen molar-refractivity contribution in [2.45, 2.75) is 26.5 Å². The highest BCUT2D eigenvalue weighted by molar-refractivity contribution is 6.31. The van der Waals surface area contributed by atoms with E-state index in [-0.39, 0.29) is 0 Å². The number of benzene rings is 1. The second-order valence-electron chi connectivity index (χ2n) is 4.67. The number of rotatable bonds is 7. The highest BCUT2D eigenvalue weighted by Crippen LogP contribution is 2.19. The van der Waals surface area contributed by atoms with Gasteiger partial charge in [-0.3, -0.25) is 0 Å². The number of hydrogen-bond donors (Lipinski definition) is 1. The third-order valence-corrected chi connectivity index (χ3v) is 3.47. The van der Waals surface area contributed by atoms with Gasteiger partial charge in [0.15, 0.2) is 0 Å². The number of nitrogens with zero attached hydrogens (tertiary/aromatic N) is 1. The standard InChI is InChI=1S/C16H18Cl2N2O/c1-2-8-19-10-15-14(18)6-7-16(20-15)21-11-12-4-3-5-13(17)9-12/h3-7,9,19H,2,8,10-11H2,1H3. The lowest BCUT2D eigenvalue weighted by atomic mass is 10.2. The molecule has 5 heteroatoms. The zero-order valence-corrected chi connectivity index (χ0v) is 13.4. The Morgan fingerprint density at radius 1 is 1.19 bits per heavy atom. The lowest BCUT2D eigenvalue weighted by Gasteiger charge is -2.09. The molecule has 1 heterocycles. The number of halogens is 2. The number of aromatic nitrogens is 1. The number of pyridine rings is 1. The third-order valence-electron chi connectivity index (χ3n) is 2.89. The molecule has 0 spiro atoms. The molecule has 0 atom stereocenters. The van der Waals surface area contributed by atoms with Gasteiger partial charge in [0.25, 0.3) is 0 Å². The number of nitrogens with one attached hydrogen (secondary N) is 1. The topological polar surface area (TPSA) is 34.2 Å². The Morgan fingerprint density at radius 2 is 2.05 bits per heavy atom. The van der Waals surface area contributed by atoms with Gasteiger partial charge in [-0.15, -0.1) is 0 Å². The van der Waals surface area contributed by atoms with Gasteiger partial charge in [0.1, 0.15) is 6.61 Å². The normalized spacial score (nSPS) is 10.6. The van der Waals surface area contributed by atoms with Gasteiger partial charge >= 0.3 is 0 Å². The second kappa shape index (κ2) is 8.23. The van der Waals surface area contributed by atoms with Crippen LogP contribution in [-0.4, -0.2) is 11.5 Å². The van der Waals surface area contributed by atoms with Crippen LogP contribution in [0.1, 0.15) is 24.6 Å². The van der Waals surface area contributed by atoms with Crippen LogP contribution < -0.4 is 10.1 Å². The first-order chi connectivity index (χ1) is 10.2. The molecule has 0 fully saturated rings. The summed E-state index contributed by atoms with van der Waals surface area (Å²) < 4.78 is 5.69. The zero-order valence-electron chi connectivity index (χ0n) is 11.9.